The zero-order chi connectivity index (χ0) is 16.1. The second-order valence-corrected chi connectivity index (χ2v) is 6.64. The number of nitrogens with zero attached hydrogens (tertiary/aromatic N) is 2. The van der Waals surface area contributed by atoms with Crippen LogP contribution in [0, 0.1) is 5.92 Å². The highest BCUT2D eigenvalue weighted by molar-refractivity contribution is 5.80. The topological polar surface area (TPSA) is 71.1 Å². The van der Waals surface area contributed by atoms with Crippen LogP contribution in [0.2, 0.25) is 0 Å². The SMILES string of the molecule is O=C(NO[C@@H]1CCCCO1)[C@@H]1CCCN(C(=O)N2CCCC2)C1. The van der Waals surface area contributed by atoms with Gasteiger partial charge in [0.1, 0.15) is 0 Å². The maximum absolute atomic E-state index is 12.4. The zero-order valence-corrected chi connectivity index (χ0v) is 13.7. The van der Waals surface area contributed by atoms with Crippen LogP contribution < -0.4 is 5.48 Å². The van der Waals surface area contributed by atoms with E-state index in [1.54, 1.807) is 0 Å². The third kappa shape index (κ3) is 4.35. The van der Waals surface area contributed by atoms with E-state index in [4.69, 9.17) is 9.57 Å². The number of piperidine rings is 1. The number of carbonyl (C=O) groups is 2. The average Bonchev–Trinajstić information content (AvgIpc) is 3.14. The van der Waals surface area contributed by atoms with Crippen molar-refractivity contribution in [1.82, 2.24) is 15.3 Å². The predicted molar refractivity (Wildman–Crippen MR) is 83.3 cm³/mol. The maximum atomic E-state index is 12.4. The summed E-state index contributed by atoms with van der Waals surface area (Å²) in [6.07, 6.45) is 6.40. The van der Waals surface area contributed by atoms with Crippen LogP contribution in [0.1, 0.15) is 44.9 Å². The maximum Gasteiger partial charge on any atom is 0.320 e. The van der Waals surface area contributed by atoms with Crippen molar-refractivity contribution in [1.29, 1.82) is 0 Å². The predicted octanol–water partition coefficient (Wildman–Crippen LogP) is 1.49. The lowest BCUT2D eigenvalue weighted by Gasteiger charge is -2.34. The molecular weight excluding hydrogens is 298 g/mol. The van der Waals surface area contributed by atoms with Crippen LogP contribution in [0.5, 0.6) is 0 Å². The van der Waals surface area contributed by atoms with Gasteiger partial charge >= 0.3 is 6.03 Å². The molecule has 0 radical (unpaired) electrons. The number of rotatable bonds is 3. The fourth-order valence-corrected chi connectivity index (χ4v) is 3.48. The molecule has 1 N–H and O–H groups in total. The molecule has 0 saturated carbocycles. The van der Waals surface area contributed by atoms with Gasteiger partial charge in [-0.25, -0.2) is 15.1 Å². The van der Waals surface area contributed by atoms with Crippen molar-refractivity contribution in [3.05, 3.63) is 0 Å². The fourth-order valence-electron chi connectivity index (χ4n) is 3.48. The molecule has 0 aromatic heterocycles. The normalized spacial score (nSPS) is 28.7. The van der Waals surface area contributed by atoms with Crippen molar-refractivity contribution in [3.8, 4) is 0 Å². The van der Waals surface area contributed by atoms with Crippen LogP contribution in [0.4, 0.5) is 4.79 Å². The van der Waals surface area contributed by atoms with Gasteiger partial charge in [0.15, 0.2) is 6.29 Å². The molecule has 0 aromatic carbocycles. The van der Waals surface area contributed by atoms with Crippen molar-refractivity contribution in [2.24, 2.45) is 5.92 Å². The first-order valence-electron chi connectivity index (χ1n) is 8.85. The Hall–Kier alpha value is -1.34. The van der Waals surface area contributed by atoms with Crippen LogP contribution in [0.3, 0.4) is 0 Å². The van der Waals surface area contributed by atoms with Gasteiger partial charge in [-0.1, -0.05) is 0 Å². The van der Waals surface area contributed by atoms with Crippen molar-refractivity contribution >= 4 is 11.9 Å². The van der Waals surface area contributed by atoms with Crippen LogP contribution in [-0.2, 0) is 14.4 Å². The molecule has 0 aliphatic carbocycles. The minimum Gasteiger partial charge on any atom is -0.350 e. The molecule has 3 rings (SSSR count). The Kier molecular flexibility index (Phi) is 5.72. The number of likely N-dealkylation sites (tertiary alicyclic amines) is 2. The number of amides is 3. The lowest BCUT2D eigenvalue weighted by Crippen LogP contribution is -2.50. The van der Waals surface area contributed by atoms with E-state index in [2.05, 4.69) is 5.48 Å². The van der Waals surface area contributed by atoms with E-state index >= 15 is 0 Å². The Morgan fingerprint density at radius 2 is 1.74 bits per heavy atom. The van der Waals surface area contributed by atoms with Crippen molar-refractivity contribution in [3.63, 3.8) is 0 Å². The Balaban J connectivity index is 1.45. The van der Waals surface area contributed by atoms with Gasteiger partial charge in [-0.3, -0.25) is 4.79 Å². The van der Waals surface area contributed by atoms with Gasteiger partial charge in [-0.15, -0.1) is 0 Å². The molecule has 7 nitrogen and oxygen atoms in total. The van der Waals surface area contributed by atoms with Crippen molar-refractivity contribution < 1.29 is 19.2 Å². The van der Waals surface area contributed by atoms with Crippen LogP contribution >= 0.6 is 0 Å². The summed E-state index contributed by atoms with van der Waals surface area (Å²) in [5.41, 5.74) is 2.54. The monoisotopic (exact) mass is 325 g/mol. The lowest BCUT2D eigenvalue weighted by molar-refractivity contribution is -0.202. The smallest absolute Gasteiger partial charge is 0.320 e. The molecule has 2 atom stereocenters. The molecule has 23 heavy (non-hydrogen) atoms. The standard InChI is InChI=1S/C16H27N3O4/c20-15(17-23-14-7-1-4-11-22-14)13-6-5-10-19(12-13)16(21)18-8-2-3-9-18/h13-14H,1-12H2,(H,17,20)/t13-,14-/m1/s1. The number of hydrogen-bond donors (Lipinski definition) is 1. The van der Waals surface area contributed by atoms with E-state index in [0.717, 1.165) is 64.6 Å². The first-order valence-corrected chi connectivity index (χ1v) is 8.85. The summed E-state index contributed by atoms with van der Waals surface area (Å²) in [4.78, 5) is 33.8. The summed E-state index contributed by atoms with van der Waals surface area (Å²) < 4.78 is 5.43. The molecule has 0 spiro atoms. The van der Waals surface area contributed by atoms with Crippen LogP contribution in [-0.4, -0.2) is 60.8 Å². The summed E-state index contributed by atoms with van der Waals surface area (Å²) in [7, 11) is 0. The molecule has 3 aliphatic heterocycles. The largest absolute Gasteiger partial charge is 0.350 e. The van der Waals surface area contributed by atoms with Gasteiger partial charge in [-0.05, 0) is 38.5 Å². The minimum absolute atomic E-state index is 0.0801. The molecular formula is C16H27N3O4. The average molecular weight is 325 g/mol. The molecule has 0 unspecified atom stereocenters. The Bertz CT molecular complexity index is 420. The number of ether oxygens (including phenoxy) is 1. The van der Waals surface area contributed by atoms with Gasteiger partial charge in [0.05, 0.1) is 5.92 Å². The molecule has 130 valence electrons. The van der Waals surface area contributed by atoms with E-state index in [0.29, 0.717) is 13.2 Å². The number of hydrogen-bond acceptors (Lipinski definition) is 4. The molecule has 3 fully saturated rings. The third-order valence-electron chi connectivity index (χ3n) is 4.87. The van der Waals surface area contributed by atoms with Gasteiger partial charge in [0, 0.05) is 39.2 Å². The highest BCUT2D eigenvalue weighted by Gasteiger charge is 2.32. The van der Waals surface area contributed by atoms with Gasteiger partial charge in [-0.2, -0.15) is 0 Å². The Morgan fingerprint density at radius 3 is 2.48 bits per heavy atom. The van der Waals surface area contributed by atoms with Crippen LogP contribution in [0.15, 0.2) is 0 Å². The van der Waals surface area contributed by atoms with E-state index in [9.17, 15) is 9.59 Å². The van der Waals surface area contributed by atoms with E-state index in [1.807, 2.05) is 9.80 Å². The number of hydroxylamine groups is 1. The molecule has 3 saturated heterocycles. The van der Waals surface area contributed by atoms with Gasteiger partial charge in [0.2, 0.25) is 5.91 Å². The zero-order valence-electron chi connectivity index (χ0n) is 13.7. The highest BCUT2D eigenvalue weighted by atomic mass is 16.8. The van der Waals surface area contributed by atoms with Crippen LogP contribution in [0.25, 0.3) is 0 Å². The van der Waals surface area contributed by atoms with Crippen molar-refractivity contribution in [2.45, 2.75) is 51.2 Å². The number of carbonyl (C=O) groups excluding carboxylic acids is 2. The second kappa shape index (κ2) is 7.97. The minimum atomic E-state index is -0.335. The highest BCUT2D eigenvalue weighted by Crippen LogP contribution is 2.20. The number of urea groups is 1. The summed E-state index contributed by atoms with van der Waals surface area (Å²) in [5, 5.41) is 0. The third-order valence-corrected chi connectivity index (χ3v) is 4.87. The molecule has 0 bridgehead atoms. The molecule has 3 aliphatic rings. The fraction of sp³-hybridized carbons (Fsp3) is 0.875. The summed E-state index contributed by atoms with van der Waals surface area (Å²) in [5.74, 6) is -0.336. The van der Waals surface area contributed by atoms with Gasteiger partial charge in [0.25, 0.3) is 0 Å². The summed E-state index contributed by atoms with van der Waals surface area (Å²) >= 11 is 0. The van der Waals surface area contributed by atoms with Gasteiger partial charge < -0.3 is 14.5 Å². The lowest BCUT2D eigenvalue weighted by atomic mass is 9.98. The quantitative estimate of drug-likeness (QED) is 0.798. The van der Waals surface area contributed by atoms with E-state index in [1.165, 1.54) is 0 Å². The molecule has 0 aromatic rings. The molecule has 3 amide bonds. The first-order chi connectivity index (χ1) is 11.2. The number of nitrogens with one attached hydrogen (secondary N) is 1. The molecule has 7 heteroatoms. The molecule has 3 heterocycles. The Morgan fingerprint density at radius 1 is 0.957 bits per heavy atom. The second-order valence-electron chi connectivity index (χ2n) is 6.64. The van der Waals surface area contributed by atoms with Crippen molar-refractivity contribution in [2.75, 3.05) is 32.8 Å². The first kappa shape index (κ1) is 16.5. The summed E-state index contributed by atoms with van der Waals surface area (Å²) in [6.45, 7) is 3.59. The van der Waals surface area contributed by atoms with E-state index < -0.39 is 0 Å². The Labute approximate surface area is 137 Å². The van der Waals surface area contributed by atoms with E-state index in [-0.39, 0.29) is 24.1 Å². The summed E-state index contributed by atoms with van der Waals surface area (Å²) in [6, 6.07) is 0.0801.